The molecule has 1 aliphatic rings. The zero-order valence-corrected chi connectivity index (χ0v) is 17.5. The fraction of sp³-hybridized carbons (Fsp3) is 0.611. The number of thioether (sulfide) groups is 1. The molecule has 0 amide bonds. The fourth-order valence-electron chi connectivity index (χ4n) is 2.99. The van der Waals surface area contributed by atoms with Crippen LogP contribution in [-0.4, -0.2) is 42.8 Å². The molecule has 1 aromatic carbocycles. The molecule has 0 bridgehead atoms. The summed E-state index contributed by atoms with van der Waals surface area (Å²) in [5, 5.41) is 1.09. The van der Waals surface area contributed by atoms with E-state index >= 15 is 0 Å². The molecule has 1 saturated carbocycles. The van der Waals surface area contributed by atoms with E-state index in [1.54, 1.807) is 17.8 Å². The predicted octanol–water partition coefficient (Wildman–Crippen LogP) is 5.48. The van der Waals surface area contributed by atoms with E-state index in [2.05, 4.69) is 19.0 Å². The second-order valence-electron chi connectivity index (χ2n) is 6.55. The van der Waals surface area contributed by atoms with Gasteiger partial charge in [-0.2, -0.15) is 11.8 Å². The summed E-state index contributed by atoms with van der Waals surface area (Å²) in [6.45, 7) is 1.11. The van der Waals surface area contributed by atoms with Crippen molar-refractivity contribution in [2.24, 2.45) is 0 Å². The molecule has 24 heavy (non-hydrogen) atoms. The van der Waals surface area contributed by atoms with Crippen LogP contribution in [0.15, 0.2) is 18.2 Å². The molecule has 1 aliphatic carbocycles. The van der Waals surface area contributed by atoms with Gasteiger partial charge in [0, 0.05) is 0 Å². The average molecular weight is 411 g/mol. The minimum absolute atomic E-state index is 0. The summed E-state index contributed by atoms with van der Waals surface area (Å²) in [5.41, 5.74) is 0.724. The van der Waals surface area contributed by atoms with Crippen LogP contribution in [-0.2, 0) is 10.2 Å². The molecule has 2 nitrogen and oxygen atoms in total. The van der Waals surface area contributed by atoms with Gasteiger partial charge in [0.1, 0.15) is 0 Å². The minimum Gasteiger partial charge on any atom is -0.309 e. The Morgan fingerprint density at radius 1 is 1.21 bits per heavy atom. The van der Waals surface area contributed by atoms with Gasteiger partial charge in [-0.05, 0) is 69.8 Å². The van der Waals surface area contributed by atoms with Gasteiger partial charge >= 0.3 is 0 Å². The first-order valence-corrected chi connectivity index (χ1v) is 10.1. The van der Waals surface area contributed by atoms with Crippen molar-refractivity contribution < 1.29 is 4.79 Å². The van der Waals surface area contributed by atoms with E-state index in [0.29, 0.717) is 21.6 Å². The summed E-state index contributed by atoms with van der Waals surface area (Å²) in [6.07, 6.45) is 5.33. The quantitative estimate of drug-likeness (QED) is 0.503. The first kappa shape index (κ1) is 22.1. The minimum atomic E-state index is -0.315. The van der Waals surface area contributed by atoms with Gasteiger partial charge < -0.3 is 4.90 Å². The highest BCUT2D eigenvalue weighted by Gasteiger charge is 2.44. The standard InChI is InChI=1S/C18H25Cl2NOS.ClH/c1-21(2)10-3-4-11-23-13-17(22)18(8-5-9-18)14-6-7-15(19)16(20)12-14;/h6-7,12H,3-5,8-11,13H2,1-2H3;1H. The number of hydrogen-bond acceptors (Lipinski definition) is 3. The van der Waals surface area contributed by atoms with Gasteiger partial charge in [-0.1, -0.05) is 35.7 Å². The lowest BCUT2D eigenvalue weighted by molar-refractivity contribution is -0.125. The summed E-state index contributed by atoms with van der Waals surface area (Å²) >= 11 is 13.9. The third-order valence-electron chi connectivity index (χ3n) is 4.59. The molecule has 6 heteroatoms. The van der Waals surface area contributed by atoms with Crippen LogP contribution in [0.25, 0.3) is 0 Å². The van der Waals surface area contributed by atoms with E-state index in [9.17, 15) is 4.79 Å². The number of Topliss-reactive ketones (excluding diaryl/α,β-unsaturated/α-hetero) is 1. The maximum atomic E-state index is 12.8. The van der Waals surface area contributed by atoms with Crippen LogP contribution < -0.4 is 0 Å². The number of carbonyl (C=O) groups is 1. The molecule has 0 heterocycles. The number of halogens is 3. The first-order chi connectivity index (χ1) is 11.0. The van der Waals surface area contributed by atoms with Gasteiger partial charge in [-0.15, -0.1) is 12.4 Å². The molecular formula is C18H26Cl3NOS. The molecule has 0 radical (unpaired) electrons. The Kier molecular flexibility index (Phi) is 9.47. The number of benzene rings is 1. The summed E-state index contributed by atoms with van der Waals surface area (Å²) in [4.78, 5) is 15.0. The zero-order valence-electron chi connectivity index (χ0n) is 14.3. The van der Waals surface area contributed by atoms with Crippen molar-refractivity contribution in [3.63, 3.8) is 0 Å². The van der Waals surface area contributed by atoms with E-state index in [4.69, 9.17) is 23.2 Å². The summed E-state index contributed by atoms with van der Waals surface area (Å²) < 4.78 is 0. The molecule has 0 saturated heterocycles. The van der Waals surface area contributed by atoms with Gasteiger partial charge in [-0.25, -0.2) is 0 Å². The summed E-state index contributed by atoms with van der Waals surface area (Å²) in [6, 6.07) is 5.65. The van der Waals surface area contributed by atoms with E-state index < -0.39 is 0 Å². The van der Waals surface area contributed by atoms with Crippen LogP contribution in [0.4, 0.5) is 0 Å². The number of carbonyl (C=O) groups excluding carboxylic acids is 1. The molecular weight excluding hydrogens is 385 g/mol. The molecule has 0 aliphatic heterocycles. The SMILES string of the molecule is CN(C)CCCCSCC(=O)C1(c2ccc(Cl)c(Cl)c2)CCC1.Cl. The second-order valence-corrected chi connectivity index (χ2v) is 8.47. The molecule has 0 aromatic heterocycles. The van der Waals surface area contributed by atoms with E-state index in [0.717, 1.165) is 43.5 Å². The normalized spacial score (nSPS) is 15.7. The van der Waals surface area contributed by atoms with Crippen molar-refractivity contribution >= 4 is 53.2 Å². The lowest BCUT2D eigenvalue weighted by atomic mass is 9.62. The zero-order chi connectivity index (χ0) is 16.9. The van der Waals surface area contributed by atoms with Crippen molar-refractivity contribution in [2.75, 3.05) is 32.1 Å². The lowest BCUT2D eigenvalue weighted by Crippen LogP contribution is -2.43. The predicted molar refractivity (Wildman–Crippen MR) is 109 cm³/mol. The molecule has 0 N–H and O–H groups in total. The molecule has 1 aromatic rings. The number of nitrogens with zero attached hydrogens (tertiary/aromatic N) is 1. The molecule has 0 unspecified atom stereocenters. The van der Waals surface area contributed by atoms with Gasteiger partial charge in [0.25, 0.3) is 0 Å². The first-order valence-electron chi connectivity index (χ1n) is 8.17. The van der Waals surface area contributed by atoms with Crippen LogP contribution in [0.3, 0.4) is 0 Å². The van der Waals surface area contributed by atoms with Gasteiger partial charge in [0.2, 0.25) is 0 Å². The third kappa shape index (κ3) is 5.54. The van der Waals surface area contributed by atoms with E-state index in [1.165, 1.54) is 6.42 Å². The molecule has 0 spiro atoms. The lowest BCUT2D eigenvalue weighted by Gasteiger charge is -2.41. The van der Waals surface area contributed by atoms with Crippen molar-refractivity contribution in [2.45, 2.75) is 37.5 Å². The number of unbranched alkanes of at least 4 members (excludes halogenated alkanes) is 1. The van der Waals surface area contributed by atoms with Crippen molar-refractivity contribution in [1.82, 2.24) is 4.90 Å². The van der Waals surface area contributed by atoms with Crippen LogP contribution in [0, 0.1) is 0 Å². The van der Waals surface area contributed by atoms with Crippen molar-refractivity contribution in [3.05, 3.63) is 33.8 Å². The monoisotopic (exact) mass is 409 g/mol. The molecule has 0 atom stereocenters. The molecule has 136 valence electrons. The fourth-order valence-corrected chi connectivity index (χ4v) is 4.30. The van der Waals surface area contributed by atoms with Crippen LogP contribution in [0.5, 0.6) is 0 Å². The van der Waals surface area contributed by atoms with E-state index in [1.807, 2.05) is 12.1 Å². The topological polar surface area (TPSA) is 20.3 Å². The molecule has 1 fully saturated rings. The smallest absolute Gasteiger partial charge is 0.153 e. The Hall–Kier alpha value is 0.0700. The maximum absolute atomic E-state index is 12.8. The highest BCUT2D eigenvalue weighted by Crippen LogP contribution is 2.46. The van der Waals surface area contributed by atoms with Crippen molar-refractivity contribution in [3.8, 4) is 0 Å². The Morgan fingerprint density at radius 3 is 2.46 bits per heavy atom. The highest BCUT2D eigenvalue weighted by atomic mass is 35.5. The highest BCUT2D eigenvalue weighted by molar-refractivity contribution is 7.99. The summed E-state index contributed by atoms with van der Waals surface area (Å²) in [7, 11) is 4.18. The Morgan fingerprint density at radius 2 is 1.92 bits per heavy atom. The van der Waals surface area contributed by atoms with Crippen LogP contribution in [0.1, 0.15) is 37.7 Å². The number of rotatable bonds is 9. The second kappa shape index (κ2) is 10.3. The average Bonchev–Trinajstić information content (AvgIpc) is 2.45. The van der Waals surface area contributed by atoms with Gasteiger partial charge in [0.05, 0.1) is 21.2 Å². The van der Waals surface area contributed by atoms with Crippen LogP contribution >= 0.6 is 47.4 Å². The Bertz CT molecular complexity index is 547. The number of hydrogen-bond donors (Lipinski definition) is 0. The largest absolute Gasteiger partial charge is 0.309 e. The summed E-state index contributed by atoms with van der Waals surface area (Å²) in [5.74, 6) is 2.00. The van der Waals surface area contributed by atoms with E-state index in [-0.39, 0.29) is 17.8 Å². The number of ketones is 1. The maximum Gasteiger partial charge on any atom is 0.153 e. The van der Waals surface area contributed by atoms with Crippen LogP contribution in [0.2, 0.25) is 10.0 Å². The Labute approximate surface area is 166 Å². The molecule has 2 rings (SSSR count). The van der Waals surface area contributed by atoms with Gasteiger partial charge in [-0.3, -0.25) is 4.79 Å². The third-order valence-corrected chi connectivity index (χ3v) is 6.37. The Balaban J connectivity index is 0.00000288. The van der Waals surface area contributed by atoms with Crippen molar-refractivity contribution in [1.29, 1.82) is 0 Å². The van der Waals surface area contributed by atoms with Gasteiger partial charge in [0.15, 0.2) is 5.78 Å².